The van der Waals surface area contributed by atoms with E-state index in [0.29, 0.717) is 0 Å². The molecule has 3 rings (SSSR count). The van der Waals surface area contributed by atoms with Crippen LogP contribution in [0.15, 0.2) is 54.7 Å². The number of hydrogen-bond acceptors (Lipinski definition) is 2. The lowest BCUT2D eigenvalue weighted by Gasteiger charge is -2.11. The molecule has 0 aliphatic carbocycles. The number of pyridine rings is 1. The van der Waals surface area contributed by atoms with Gasteiger partial charge in [-0.3, -0.25) is 4.98 Å². The van der Waals surface area contributed by atoms with Crippen LogP contribution in [0.2, 0.25) is 5.02 Å². The number of halogens is 1. The van der Waals surface area contributed by atoms with Crippen molar-refractivity contribution in [2.24, 2.45) is 0 Å². The number of anilines is 1. The molecule has 0 saturated heterocycles. The molecule has 0 aliphatic rings. The van der Waals surface area contributed by atoms with Gasteiger partial charge in [0.05, 0.1) is 5.52 Å². The van der Waals surface area contributed by atoms with Crippen molar-refractivity contribution in [2.75, 3.05) is 5.32 Å². The van der Waals surface area contributed by atoms with E-state index < -0.39 is 0 Å². The molecule has 1 aromatic heterocycles. The van der Waals surface area contributed by atoms with Crippen molar-refractivity contribution in [1.29, 1.82) is 0 Å². The minimum absolute atomic E-state index is 0.770. The number of aromatic nitrogens is 1. The van der Waals surface area contributed by atoms with Crippen molar-refractivity contribution in [3.05, 3.63) is 70.9 Å². The maximum Gasteiger partial charge on any atom is 0.0702 e. The van der Waals surface area contributed by atoms with E-state index in [-0.39, 0.29) is 0 Å². The maximum absolute atomic E-state index is 6.13. The highest BCUT2D eigenvalue weighted by atomic mass is 35.5. The van der Waals surface area contributed by atoms with Crippen molar-refractivity contribution < 1.29 is 0 Å². The van der Waals surface area contributed by atoms with Gasteiger partial charge in [-0.1, -0.05) is 29.8 Å². The van der Waals surface area contributed by atoms with E-state index in [2.05, 4.69) is 34.6 Å². The third kappa shape index (κ3) is 2.61. The van der Waals surface area contributed by atoms with Crippen LogP contribution in [-0.2, 0) is 6.54 Å². The SMILES string of the molecule is Cc1c(Cl)cccc1NCc1ccc2ncccc2c1. The Kier molecular flexibility index (Phi) is 3.57. The van der Waals surface area contributed by atoms with Crippen LogP contribution in [0.1, 0.15) is 11.1 Å². The van der Waals surface area contributed by atoms with Crippen LogP contribution in [0.5, 0.6) is 0 Å². The van der Waals surface area contributed by atoms with Crippen LogP contribution in [0.3, 0.4) is 0 Å². The Morgan fingerprint density at radius 2 is 2.00 bits per heavy atom. The summed E-state index contributed by atoms with van der Waals surface area (Å²) < 4.78 is 0. The second-order valence-electron chi connectivity index (χ2n) is 4.80. The minimum Gasteiger partial charge on any atom is -0.381 e. The monoisotopic (exact) mass is 282 g/mol. The van der Waals surface area contributed by atoms with E-state index in [0.717, 1.165) is 33.7 Å². The molecule has 20 heavy (non-hydrogen) atoms. The molecule has 0 radical (unpaired) electrons. The van der Waals surface area contributed by atoms with Crippen molar-refractivity contribution in [2.45, 2.75) is 13.5 Å². The number of nitrogens with zero attached hydrogens (tertiary/aromatic N) is 1. The number of hydrogen-bond donors (Lipinski definition) is 1. The fourth-order valence-corrected chi connectivity index (χ4v) is 2.41. The predicted molar refractivity (Wildman–Crippen MR) is 85.3 cm³/mol. The molecule has 0 fully saturated rings. The molecule has 0 atom stereocenters. The van der Waals surface area contributed by atoms with Gasteiger partial charge in [0.2, 0.25) is 0 Å². The number of rotatable bonds is 3. The Morgan fingerprint density at radius 1 is 1.10 bits per heavy atom. The summed E-state index contributed by atoms with van der Waals surface area (Å²) in [5.74, 6) is 0. The van der Waals surface area contributed by atoms with Crippen molar-refractivity contribution in [3.8, 4) is 0 Å². The summed E-state index contributed by atoms with van der Waals surface area (Å²) in [6.45, 7) is 2.79. The van der Waals surface area contributed by atoms with E-state index in [1.165, 1.54) is 5.56 Å². The van der Waals surface area contributed by atoms with Gasteiger partial charge in [0.15, 0.2) is 0 Å². The fraction of sp³-hybridized carbons (Fsp3) is 0.118. The van der Waals surface area contributed by atoms with E-state index in [1.807, 2.05) is 37.4 Å². The zero-order chi connectivity index (χ0) is 13.9. The van der Waals surface area contributed by atoms with Crippen LogP contribution in [-0.4, -0.2) is 4.98 Å². The van der Waals surface area contributed by atoms with Crippen molar-refractivity contribution in [3.63, 3.8) is 0 Å². The maximum atomic E-state index is 6.13. The highest BCUT2D eigenvalue weighted by Gasteiger charge is 2.02. The van der Waals surface area contributed by atoms with Gasteiger partial charge in [-0.25, -0.2) is 0 Å². The molecule has 1 heterocycles. The highest BCUT2D eigenvalue weighted by Crippen LogP contribution is 2.23. The first-order chi connectivity index (χ1) is 9.74. The summed E-state index contributed by atoms with van der Waals surface area (Å²) in [7, 11) is 0. The lowest BCUT2D eigenvalue weighted by molar-refractivity contribution is 1.14. The standard InChI is InChI=1S/C17H15ClN2/c1-12-15(18)5-2-6-16(12)20-11-13-7-8-17-14(10-13)4-3-9-19-17/h2-10,20H,11H2,1H3. The predicted octanol–water partition coefficient (Wildman–Crippen LogP) is 4.81. The molecule has 100 valence electrons. The Balaban J connectivity index is 1.81. The van der Waals surface area contributed by atoms with Crippen LogP contribution in [0.4, 0.5) is 5.69 Å². The highest BCUT2D eigenvalue weighted by molar-refractivity contribution is 6.31. The molecule has 0 amide bonds. The van der Waals surface area contributed by atoms with Crippen LogP contribution >= 0.6 is 11.6 Å². The summed E-state index contributed by atoms with van der Waals surface area (Å²) in [6.07, 6.45) is 1.82. The molecule has 2 aromatic carbocycles. The molecule has 3 aromatic rings. The molecule has 0 unspecified atom stereocenters. The summed E-state index contributed by atoms with van der Waals surface area (Å²) in [6, 6.07) is 16.3. The lowest BCUT2D eigenvalue weighted by Crippen LogP contribution is -2.01. The number of fused-ring (bicyclic) bond motifs is 1. The Labute approximate surface area is 123 Å². The third-order valence-corrected chi connectivity index (χ3v) is 3.83. The summed E-state index contributed by atoms with van der Waals surface area (Å²) in [4.78, 5) is 4.33. The van der Waals surface area contributed by atoms with E-state index in [9.17, 15) is 0 Å². The van der Waals surface area contributed by atoms with Crippen molar-refractivity contribution >= 4 is 28.2 Å². The van der Waals surface area contributed by atoms with Crippen LogP contribution in [0.25, 0.3) is 10.9 Å². The fourth-order valence-electron chi connectivity index (χ4n) is 2.23. The van der Waals surface area contributed by atoms with Gasteiger partial charge in [-0.15, -0.1) is 0 Å². The normalized spacial score (nSPS) is 10.7. The molecule has 0 bridgehead atoms. The zero-order valence-electron chi connectivity index (χ0n) is 11.2. The molecular weight excluding hydrogens is 268 g/mol. The van der Waals surface area contributed by atoms with Gasteiger partial charge in [-0.05, 0) is 48.4 Å². The quantitative estimate of drug-likeness (QED) is 0.746. The molecular formula is C17H15ClN2. The Hall–Kier alpha value is -2.06. The number of benzene rings is 2. The molecule has 0 spiro atoms. The van der Waals surface area contributed by atoms with E-state index in [4.69, 9.17) is 11.6 Å². The molecule has 0 aliphatic heterocycles. The number of nitrogens with one attached hydrogen (secondary N) is 1. The first kappa shape index (κ1) is 12.9. The van der Waals surface area contributed by atoms with Gasteiger partial charge >= 0.3 is 0 Å². The van der Waals surface area contributed by atoms with Crippen LogP contribution < -0.4 is 5.32 Å². The first-order valence-electron chi connectivity index (χ1n) is 6.57. The molecule has 3 heteroatoms. The molecule has 1 N–H and O–H groups in total. The van der Waals surface area contributed by atoms with E-state index >= 15 is 0 Å². The van der Waals surface area contributed by atoms with Crippen molar-refractivity contribution in [1.82, 2.24) is 4.98 Å². The average molecular weight is 283 g/mol. The Bertz CT molecular complexity index is 753. The van der Waals surface area contributed by atoms with Gasteiger partial charge in [-0.2, -0.15) is 0 Å². The molecule has 0 saturated carbocycles. The summed E-state index contributed by atoms with van der Waals surface area (Å²) in [5, 5.41) is 5.38. The zero-order valence-corrected chi connectivity index (χ0v) is 12.0. The molecule has 2 nitrogen and oxygen atoms in total. The van der Waals surface area contributed by atoms with Gasteiger partial charge in [0.1, 0.15) is 0 Å². The minimum atomic E-state index is 0.770. The summed E-state index contributed by atoms with van der Waals surface area (Å²) >= 11 is 6.13. The third-order valence-electron chi connectivity index (χ3n) is 3.42. The van der Waals surface area contributed by atoms with Crippen LogP contribution in [0, 0.1) is 6.92 Å². The smallest absolute Gasteiger partial charge is 0.0702 e. The first-order valence-corrected chi connectivity index (χ1v) is 6.94. The topological polar surface area (TPSA) is 24.9 Å². The van der Waals surface area contributed by atoms with Gasteiger partial charge in [0.25, 0.3) is 0 Å². The van der Waals surface area contributed by atoms with Gasteiger partial charge in [0, 0.05) is 28.8 Å². The lowest BCUT2D eigenvalue weighted by atomic mass is 10.1. The van der Waals surface area contributed by atoms with E-state index in [1.54, 1.807) is 0 Å². The second-order valence-corrected chi connectivity index (χ2v) is 5.20. The largest absolute Gasteiger partial charge is 0.381 e. The second kappa shape index (κ2) is 5.51. The Morgan fingerprint density at radius 3 is 2.90 bits per heavy atom. The summed E-state index contributed by atoms with van der Waals surface area (Å²) in [5.41, 5.74) is 4.40. The average Bonchev–Trinajstić information content (AvgIpc) is 2.48. The van der Waals surface area contributed by atoms with Gasteiger partial charge < -0.3 is 5.32 Å².